The van der Waals surface area contributed by atoms with E-state index < -0.39 is 0 Å². The third kappa shape index (κ3) is 22.4. The van der Waals surface area contributed by atoms with Crippen LogP contribution in [0, 0.1) is 0 Å². The molecule has 0 N–H and O–H groups in total. The first-order valence-corrected chi connectivity index (χ1v) is 4.83. The summed E-state index contributed by atoms with van der Waals surface area (Å²) in [7, 11) is 0. The Balaban J connectivity index is 0. The first-order chi connectivity index (χ1) is 6.25. The van der Waals surface area contributed by atoms with Gasteiger partial charge in [-0.25, -0.2) is 0 Å². The Morgan fingerprint density at radius 2 is 0.714 bits per heavy atom. The van der Waals surface area contributed by atoms with Gasteiger partial charge in [-0.05, 0) is 40.5 Å². The maximum absolute atomic E-state index is 3.73. The van der Waals surface area contributed by atoms with Crippen LogP contribution < -0.4 is 0 Å². The van der Waals surface area contributed by atoms with Crippen molar-refractivity contribution >= 4 is 0 Å². The van der Waals surface area contributed by atoms with Crippen molar-refractivity contribution in [1.82, 2.24) is 0 Å². The lowest BCUT2D eigenvalue weighted by Crippen LogP contribution is -1.72. The number of hydrogen-bond acceptors (Lipinski definition) is 0. The molecule has 0 saturated carbocycles. The molecular formula is C14H24. The summed E-state index contributed by atoms with van der Waals surface area (Å²) >= 11 is 0. The van der Waals surface area contributed by atoms with Crippen molar-refractivity contribution in [2.45, 2.75) is 40.5 Å². The largest absolute Gasteiger partial charge is 0.0998 e. The first-order valence-electron chi connectivity index (χ1n) is 4.83. The summed E-state index contributed by atoms with van der Waals surface area (Å²) in [5, 5.41) is 0. The Kier molecular flexibility index (Phi) is 9.43. The molecule has 80 valence electrons. The van der Waals surface area contributed by atoms with Crippen LogP contribution in [0.2, 0.25) is 0 Å². The van der Waals surface area contributed by atoms with E-state index in [0.717, 1.165) is 12.8 Å². The monoisotopic (exact) mass is 192 g/mol. The highest BCUT2D eigenvalue weighted by Gasteiger charge is 1.83. The summed E-state index contributed by atoms with van der Waals surface area (Å²) in [5.74, 6) is 0. The highest BCUT2D eigenvalue weighted by atomic mass is 13.9. The molecule has 0 aliphatic carbocycles. The Labute approximate surface area is 89.7 Å². The average molecular weight is 192 g/mol. The lowest BCUT2D eigenvalue weighted by Gasteiger charge is -1.93. The van der Waals surface area contributed by atoms with E-state index in [1.54, 1.807) is 0 Å². The van der Waals surface area contributed by atoms with Gasteiger partial charge in [0.05, 0.1) is 0 Å². The van der Waals surface area contributed by atoms with Crippen LogP contribution in [0.25, 0.3) is 0 Å². The van der Waals surface area contributed by atoms with E-state index in [9.17, 15) is 0 Å². The predicted octanol–water partition coefficient (Wildman–Crippen LogP) is 5.06. The second kappa shape index (κ2) is 8.55. The summed E-state index contributed by atoms with van der Waals surface area (Å²) in [6.45, 7) is 23.0. The molecule has 0 atom stereocenters. The third-order valence-electron chi connectivity index (χ3n) is 1.21. The molecule has 0 rings (SSSR count). The molecule has 14 heavy (non-hydrogen) atoms. The third-order valence-corrected chi connectivity index (χ3v) is 1.21. The standard InChI is InChI=1S/2C7H12/c2*1-6(2)5-7(3)4/h2*1,3,5H2,2,4H3. The van der Waals surface area contributed by atoms with Crippen LogP contribution in [-0.4, -0.2) is 0 Å². The normalized spacial score (nSPS) is 8.29. The summed E-state index contributed by atoms with van der Waals surface area (Å²) < 4.78 is 0. The maximum atomic E-state index is 3.73. The van der Waals surface area contributed by atoms with E-state index in [1.807, 2.05) is 27.7 Å². The van der Waals surface area contributed by atoms with Gasteiger partial charge in [0.25, 0.3) is 0 Å². The molecule has 0 nitrogen and oxygen atoms in total. The van der Waals surface area contributed by atoms with Crippen LogP contribution in [0.15, 0.2) is 48.6 Å². The first kappa shape index (κ1) is 15.4. The molecule has 0 aromatic heterocycles. The van der Waals surface area contributed by atoms with Crippen molar-refractivity contribution in [3.8, 4) is 0 Å². The molecule has 0 radical (unpaired) electrons. The lowest BCUT2D eigenvalue weighted by atomic mass is 10.1. The van der Waals surface area contributed by atoms with Crippen molar-refractivity contribution in [1.29, 1.82) is 0 Å². The lowest BCUT2D eigenvalue weighted by molar-refractivity contribution is 1.13. The van der Waals surface area contributed by atoms with E-state index in [2.05, 4.69) is 26.3 Å². The van der Waals surface area contributed by atoms with Crippen molar-refractivity contribution in [2.75, 3.05) is 0 Å². The van der Waals surface area contributed by atoms with Crippen LogP contribution in [-0.2, 0) is 0 Å². The topological polar surface area (TPSA) is 0 Å². The Hall–Kier alpha value is -1.04. The molecule has 0 saturated heterocycles. The van der Waals surface area contributed by atoms with Crippen LogP contribution in [0.1, 0.15) is 40.5 Å². The minimum atomic E-state index is 0.972. The molecule has 0 fully saturated rings. The van der Waals surface area contributed by atoms with Gasteiger partial charge in [0.2, 0.25) is 0 Å². The van der Waals surface area contributed by atoms with E-state index >= 15 is 0 Å². The second-order valence-electron chi connectivity index (χ2n) is 4.18. The van der Waals surface area contributed by atoms with E-state index in [4.69, 9.17) is 0 Å². The quantitative estimate of drug-likeness (QED) is 0.546. The Bertz CT molecular complexity index is 178. The minimum Gasteiger partial charge on any atom is -0.0998 e. The average Bonchev–Trinajstić information content (AvgIpc) is 1.79. The fourth-order valence-corrected chi connectivity index (χ4v) is 1.03. The molecule has 0 aliphatic rings. The van der Waals surface area contributed by atoms with Gasteiger partial charge >= 0.3 is 0 Å². The van der Waals surface area contributed by atoms with Crippen molar-refractivity contribution in [3.63, 3.8) is 0 Å². The van der Waals surface area contributed by atoms with Crippen molar-refractivity contribution in [3.05, 3.63) is 48.6 Å². The van der Waals surface area contributed by atoms with Crippen molar-refractivity contribution in [2.24, 2.45) is 0 Å². The van der Waals surface area contributed by atoms with E-state index in [-0.39, 0.29) is 0 Å². The summed E-state index contributed by atoms with van der Waals surface area (Å²) in [6.07, 6.45) is 1.94. The highest BCUT2D eigenvalue weighted by Crippen LogP contribution is 2.03. The molecule has 0 heteroatoms. The molecule has 0 aromatic carbocycles. The number of hydrogen-bond donors (Lipinski definition) is 0. The zero-order valence-electron chi connectivity index (χ0n) is 10.2. The SMILES string of the molecule is C=C(C)CC(=C)C.C=C(C)CC(=C)C. The highest BCUT2D eigenvalue weighted by molar-refractivity contribution is 5.04. The van der Waals surface area contributed by atoms with Crippen molar-refractivity contribution < 1.29 is 0 Å². The number of allylic oxidation sites excluding steroid dienone is 4. The van der Waals surface area contributed by atoms with Crippen LogP contribution in [0.3, 0.4) is 0 Å². The maximum Gasteiger partial charge on any atom is -0.0119 e. The zero-order valence-corrected chi connectivity index (χ0v) is 10.2. The van der Waals surface area contributed by atoms with Gasteiger partial charge in [-0.1, -0.05) is 48.6 Å². The molecule has 0 aliphatic heterocycles. The van der Waals surface area contributed by atoms with Crippen LogP contribution in [0.4, 0.5) is 0 Å². The summed E-state index contributed by atoms with van der Waals surface area (Å²) in [4.78, 5) is 0. The van der Waals surface area contributed by atoms with Crippen LogP contribution in [0.5, 0.6) is 0 Å². The molecule has 0 aromatic rings. The molecule has 0 amide bonds. The van der Waals surface area contributed by atoms with Gasteiger partial charge in [0.1, 0.15) is 0 Å². The summed E-state index contributed by atoms with van der Waals surface area (Å²) in [5.41, 5.74) is 4.75. The van der Waals surface area contributed by atoms with Gasteiger partial charge in [-0.15, -0.1) is 0 Å². The predicted molar refractivity (Wildman–Crippen MR) is 68.5 cm³/mol. The van der Waals surface area contributed by atoms with E-state index in [1.165, 1.54) is 22.3 Å². The molecule has 0 unspecified atom stereocenters. The fraction of sp³-hybridized carbons (Fsp3) is 0.429. The van der Waals surface area contributed by atoms with Gasteiger partial charge in [0.15, 0.2) is 0 Å². The van der Waals surface area contributed by atoms with Gasteiger partial charge in [-0.2, -0.15) is 0 Å². The second-order valence-corrected chi connectivity index (χ2v) is 4.18. The molecular weight excluding hydrogens is 168 g/mol. The van der Waals surface area contributed by atoms with Gasteiger partial charge in [0, 0.05) is 0 Å². The zero-order chi connectivity index (χ0) is 11.7. The molecule has 0 spiro atoms. The summed E-state index contributed by atoms with van der Waals surface area (Å²) in [6, 6.07) is 0. The van der Waals surface area contributed by atoms with Crippen LogP contribution >= 0.6 is 0 Å². The minimum absolute atomic E-state index is 0.972. The van der Waals surface area contributed by atoms with Gasteiger partial charge in [-0.3, -0.25) is 0 Å². The number of rotatable bonds is 4. The smallest absolute Gasteiger partial charge is 0.0119 e. The Morgan fingerprint density at radius 1 is 0.571 bits per heavy atom. The Morgan fingerprint density at radius 3 is 0.714 bits per heavy atom. The molecule has 0 bridgehead atoms. The molecule has 0 heterocycles. The van der Waals surface area contributed by atoms with Gasteiger partial charge < -0.3 is 0 Å². The fourth-order valence-electron chi connectivity index (χ4n) is 1.03. The van der Waals surface area contributed by atoms with E-state index in [0.29, 0.717) is 0 Å².